The zero-order valence-corrected chi connectivity index (χ0v) is 14.8. The molecule has 1 aromatic carbocycles. The maximum absolute atomic E-state index is 12.5. The summed E-state index contributed by atoms with van der Waals surface area (Å²) in [5.74, 6) is 0.758. The summed E-state index contributed by atoms with van der Waals surface area (Å²) in [6, 6.07) is 5.76. The van der Waals surface area contributed by atoms with Crippen LogP contribution in [0, 0.1) is 0 Å². The molecule has 1 aliphatic carbocycles. The van der Waals surface area contributed by atoms with Crippen molar-refractivity contribution in [1.29, 1.82) is 0 Å². The molecule has 3 nitrogen and oxygen atoms in total. The van der Waals surface area contributed by atoms with Gasteiger partial charge in [0.1, 0.15) is 0 Å². The van der Waals surface area contributed by atoms with Gasteiger partial charge >= 0.3 is 6.18 Å². The van der Waals surface area contributed by atoms with Gasteiger partial charge in [-0.25, -0.2) is 0 Å². The molecule has 24 heavy (non-hydrogen) atoms. The van der Waals surface area contributed by atoms with E-state index in [2.05, 4.69) is 21.9 Å². The molecular formula is C17H24F3N3S. The van der Waals surface area contributed by atoms with Gasteiger partial charge in [0, 0.05) is 24.9 Å². The summed E-state index contributed by atoms with van der Waals surface area (Å²) in [6.45, 7) is 0.629. The number of hydrogen-bond donors (Lipinski definition) is 2. The molecule has 0 heterocycles. The molecule has 2 unspecified atom stereocenters. The number of thioether (sulfide) groups is 1. The normalized spacial score (nSPS) is 21.8. The Morgan fingerprint density at radius 3 is 2.50 bits per heavy atom. The van der Waals surface area contributed by atoms with Crippen LogP contribution in [0.25, 0.3) is 0 Å². The van der Waals surface area contributed by atoms with Crippen molar-refractivity contribution in [3.05, 3.63) is 35.4 Å². The van der Waals surface area contributed by atoms with Crippen molar-refractivity contribution in [2.24, 2.45) is 4.99 Å². The minimum Gasteiger partial charge on any atom is -0.356 e. The Bertz CT molecular complexity index is 543. The molecule has 0 radical (unpaired) electrons. The third-order valence-corrected chi connectivity index (χ3v) is 5.36. The number of nitrogens with one attached hydrogen (secondary N) is 2. The summed E-state index contributed by atoms with van der Waals surface area (Å²) < 4.78 is 37.6. The van der Waals surface area contributed by atoms with E-state index in [0.717, 1.165) is 36.5 Å². The van der Waals surface area contributed by atoms with Crippen molar-refractivity contribution >= 4 is 17.7 Å². The van der Waals surface area contributed by atoms with Crippen LogP contribution >= 0.6 is 11.8 Å². The fraction of sp³-hybridized carbons (Fsp3) is 0.588. The van der Waals surface area contributed by atoms with E-state index in [1.54, 1.807) is 7.05 Å². The standard InChI is InChI=1S/C17H24F3N3S/c1-21-16(23-14-7-8-15(11-14)24-2)22-10-9-12-3-5-13(6-4-12)17(18,19)20/h3-6,14-15H,7-11H2,1-2H3,(H2,21,22,23). The lowest BCUT2D eigenvalue weighted by Gasteiger charge is -2.17. The Labute approximate surface area is 145 Å². The summed E-state index contributed by atoms with van der Waals surface area (Å²) in [6.07, 6.45) is 2.02. The number of halogens is 3. The minimum atomic E-state index is -4.28. The Hall–Kier alpha value is -1.37. The number of hydrogen-bond acceptors (Lipinski definition) is 2. The molecule has 2 rings (SSSR count). The number of alkyl halides is 3. The Morgan fingerprint density at radius 2 is 1.96 bits per heavy atom. The van der Waals surface area contributed by atoms with E-state index in [4.69, 9.17) is 0 Å². The van der Waals surface area contributed by atoms with Crippen LogP contribution in [0.15, 0.2) is 29.3 Å². The molecule has 2 atom stereocenters. The second kappa shape index (κ2) is 8.65. The van der Waals surface area contributed by atoms with E-state index in [9.17, 15) is 13.2 Å². The molecule has 1 fully saturated rings. The van der Waals surface area contributed by atoms with Crippen LogP contribution < -0.4 is 10.6 Å². The van der Waals surface area contributed by atoms with Crippen LogP contribution in [0.1, 0.15) is 30.4 Å². The highest BCUT2D eigenvalue weighted by Gasteiger charge is 2.29. The largest absolute Gasteiger partial charge is 0.416 e. The maximum Gasteiger partial charge on any atom is 0.416 e. The number of rotatable bonds is 5. The summed E-state index contributed by atoms with van der Waals surface area (Å²) in [5.41, 5.74) is 0.260. The van der Waals surface area contributed by atoms with Gasteiger partial charge in [-0.3, -0.25) is 4.99 Å². The fourth-order valence-electron chi connectivity index (χ4n) is 2.86. The SMILES string of the molecule is CN=C(NCCc1ccc(C(F)(F)F)cc1)NC1CCC(SC)C1. The van der Waals surface area contributed by atoms with Gasteiger partial charge in [-0.2, -0.15) is 24.9 Å². The molecule has 2 N–H and O–H groups in total. The lowest BCUT2D eigenvalue weighted by Crippen LogP contribution is -2.43. The highest BCUT2D eigenvalue weighted by molar-refractivity contribution is 7.99. The molecule has 0 bridgehead atoms. The first-order chi connectivity index (χ1) is 11.4. The number of nitrogens with zero attached hydrogens (tertiary/aromatic N) is 1. The van der Waals surface area contributed by atoms with Crippen molar-refractivity contribution in [2.75, 3.05) is 19.8 Å². The lowest BCUT2D eigenvalue weighted by atomic mass is 10.1. The Kier molecular flexibility index (Phi) is 6.83. The fourth-order valence-corrected chi connectivity index (χ4v) is 3.66. The second-order valence-corrected chi connectivity index (χ2v) is 7.09. The van der Waals surface area contributed by atoms with Crippen LogP contribution in [0.2, 0.25) is 0 Å². The highest BCUT2D eigenvalue weighted by atomic mass is 32.2. The van der Waals surface area contributed by atoms with Crippen LogP contribution in [0.5, 0.6) is 0 Å². The molecule has 0 aliphatic heterocycles. The van der Waals surface area contributed by atoms with E-state index in [-0.39, 0.29) is 0 Å². The van der Waals surface area contributed by atoms with Crippen molar-refractivity contribution < 1.29 is 13.2 Å². The summed E-state index contributed by atoms with van der Waals surface area (Å²) in [4.78, 5) is 4.22. The molecule has 0 saturated heterocycles. The summed E-state index contributed by atoms with van der Waals surface area (Å²) in [5, 5.41) is 7.37. The first-order valence-electron chi connectivity index (χ1n) is 8.08. The molecular weight excluding hydrogens is 335 g/mol. The molecule has 1 aliphatic rings. The van der Waals surface area contributed by atoms with Crippen LogP contribution in [0.3, 0.4) is 0 Å². The first-order valence-corrected chi connectivity index (χ1v) is 9.37. The Morgan fingerprint density at radius 1 is 1.25 bits per heavy atom. The van der Waals surface area contributed by atoms with E-state index in [1.165, 1.54) is 18.6 Å². The van der Waals surface area contributed by atoms with Crippen LogP contribution in [-0.4, -0.2) is 37.1 Å². The predicted octanol–water partition coefficient (Wildman–Crippen LogP) is 3.70. The maximum atomic E-state index is 12.5. The predicted molar refractivity (Wildman–Crippen MR) is 94.6 cm³/mol. The number of aliphatic imine (C=N–C) groups is 1. The van der Waals surface area contributed by atoms with Crippen molar-refractivity contribution in [3.63, 3.8) is 0 Å². The van der Waals surface area contributed by atoms with Crippen molar-refractivity contribution in [1.82, 2.24) is 10.6 Å². The first kappa shape index (κ1) is 19.0. The molecule has 0 aromatic heterocycles. The van der Waals surface area contributed by atoms with Crippen molar-refractivity contribution in [2.45, 2.75) is 43.2 Å². The quantitative estimate of drug-likeness (QED) is 0.622. The van der Waals surface area contributed by atoms with Crippen LogP contribution in [0.4, 0.5) is 13.2 Å². The number of guanidine groups is 1. The minimum absolute atomic E-state index is 0.444. The van der Waals surface area contributed by atoms with Crippen molar-refractivity contribution in [3.8, 4) is 0 Å². The Balaban J connectivity index is 1.76. The third-order valence-electron chi connectivity index (χ3n) is 4.27. The smallest absolute Gasteiger partial charge is 0.356 e. The molecule has 7 heteroatoms. The summed E-state index contributed by atoms with van der Waals surface area (Å²) >= 11 is 1.91. The number of benzene rings is 1. The van der Waals surface area contributed by atoms with Gasteiger partial charge in [0.05, 0.1) is 5.56 Å². The second-order valence-electron chi connectivity index (χ2n) is 5.96. The van der Waals surface area contributed by atoms with E-state index in [1.807, 2.05) is 11.8 Å². The van der Waals surface area contributed by atoms with E-state index < -0.39 is 11.7 Å². The van der Waals surface area contributed by atoms with Gasteiger partial charge in [0.2, 0.25) is 0 Å². The molecule has 0 amide bonds. The summed E-state index contributed by atoms with van der Waals surface area (Å²) in [7, 11) is 1.73. The average Bonchev–Trinajstić information content (AvgIpc) is 3.01. The molecule has 1 aromatic rings. The zero-order valence-electron chi connectivity index (χ0n) is 14.0. The van der Waals surface area contributed by atoms with Gasteiger partial charge < -0.3 is 10.6 Å². The molecule has 0 spiro atoms. The monoisotopic (exact) mass is 359 g/mol. The van der Waals surface area contributed by atoms with Gasteiger partial charge in [-0.1, -0.05) is 12.1 Å². The molecule has 1 saturated carbocycles. The van der Waals surface area contributed by atoms with Gasteiger partial charge in [0.25, 0.3) is 0 Å². The lowest BCUT2D eigenvalue weighted by molar-refractivity contribution is -0.137. The van der Waals surface area contributed by atoms with Gasteiger partial charge in [-0.05, 0) is 49.6 Å². The van der Waals surface area contributed by atoms with Crippen LogP contribution in [-0.2, 0) is 12.6 Å². The highest BCUT2D eigenvalue weighted by Crippen LogP contribution is 2.29. The zero-order chi connectivity index (χ0) is 17.6. The van der Waals surface area contributed by atoms with Gasteiger partial charge in [-0.15, -0.1) is 0 Å². The van der Waals surface area contributed by atoms with Gasteiger partial charge in [0.15, 0.2) is 5.96 Å². The van der Waals surface area contributed by atoms with E-state index >= 15 is 0 Å². The van der Waals surface area contributed by atoms with E-state index in [0.29, 0.717) is 24.3 Å². The topological polar surface area (TPSA) is 36.4 Å². The molecule has 134 valence electrons. The average molecular weight is 359 g/mol. The third kappa shape index (κ3) is 5.61.